The van der Waals surface area contributed by atoms with Crippen LogP contribution in [-0.4, -0.2) is 27.7 Å². The third-order valence-electron chi connectivity index (χ3n) is 4.31. The van der Waals surface area contributed by atoms with Crippen LogP contribution < -0.4 is 4.90 Å². The number of halogens is 1. The average molecular weight is 350 g/mol. The van der Waals surface area contributed by atoms with Crippen molar-refractivity contribution in [1.82, 2.24) is 4.90 Å². The standard InChI is InChI=1S/C17H19FN2OS2/c1-2-13-5-3-4-10-19(13)11-15-16(21)20(17(22)23-15)14-8-6-12(18)7-9-14/h6-9,11,13H,2-5,10H2,1H3/b15-11-/t13-/m0/s1. The van der Waals surface area contributed by atoms with Crippen LogP contribution in [0, 0.1) is 5.82 Å². The number of thiocarbonyl (C=S) groups is 1. The molecule has 2 fully saturated rings. The Kier molecular flexibility index (Phi) is 5.02. The molecule has 1 atom stereocenters. The maximum Gasteiger partial charge on any atom is 0.272 e. The highest BCUT2D eigenvalue weighted by molar-refractivity contribution is 8.27. The Morgan fingerprint density at radius 3 is 2.78 bits per heavy atom. The second kappa shape index (κ2) is 7.01. The lowest BCUT2D eigenvalue weighted by Gasteiger charge is -2.34. The molecule has 6 heteroatoms. The van der Waals surface area contributed by atoms with Crippen molar-refractivity contribution >= 4 is 39.9 Å². The lowest BCUT2D eigenvalue weighted by atomic mass is 10.0. The summed E-state index contributed by atoms with van der Waals surface area (Å²) in [4.78, 5) is 17.1. The Labute approximate surface area is 145 Å². The molecular formula is C17H19FN2OS2. The summed E-state index contributed by atoms with van der Waals surface area (Å²) in [6.45, 7) is 3.17. The van der Waals surface area contributed by atoms with Crippen molar-refractivity contribution in [2.24, 2.45) is 0 Å². The minimum absolute atomic E-state index is 0.118. The summed E-state index contributed by atoms with van der Waals surface area (Å²) in [5.41, 5.74) is 0.614. The SMILES string of the molecule is CC[C@H]1CCCCN1/C=C1\SC(=S)N(c2ccc(F)cc2)C1=O. The molecule has 1 aromatic rings. The summed E-state index contributed by atoms with van der Waals surface area (Å²) in [7, 11) is 0. The lowest BCUT2D eigenvalue weighted by Crippen LogP contribution is -2.35. The summed E-state index contributed by atoms with van der Waals surface area (Å²) in [6.07, 6.45) is 6.63. The maximum atomic E-state index is 13.1. The van der Waals surface area contributed by atoms with E-state index in [4.69, 9.17) is 12.2 Å². The zero-order chi connectivity index (χ0) is 16.4. The zero-order valence-corrected chi connectivity index (χ0v) is 14.6. The molecule has 2 aliphatic rings. The van der Waals surface area contributed by atoms with Gasteiger partial charge in [0, 0.05) is 18.8 Å². The third kappa shape index (κ3) is 3.43. The summed E-state index contributed by atoms with van der Waals surface area (Å²) >= 11 is 6.67. The molecule has 2 saturated heterocycles. The van der Waals surface area contributed by atoms with Gasteiger partial charge in [-0.1, -0.05) is 30.9 Å². The molecule has 2 aliphatic heterocycles. The summed E-state index contributed by atoms with van der Waals surface area (Å²) in [5, 5.41) is 0. The molecule has 0 N–H and O–H groups in total. The van der Waals surface area contributed by atoms with E-state index in [1.54, 1.807) is 12.1 Å². The van der Waals surface area contributed by atoms with Crippen LogP contribution in [0.3, 0.4) is 0 Å². The number of amides is 1. The van der Waals surface area contributed by atoms with Gasteiger partial charge in [0.2, 0.25) is 0 Å². The Morgan fingerprint density at radius 2 is 2.09 bits per heavy atom. The summed E-state index contributed by atoms with van der Waals surface area (Å²) < 4.78 is 13.6. The molecule has 3 nitrogen and oxygen atoms in total. The Balaban J connectivity index is 1.83. The van der Waals surface area contributed by atoms with Gasteiger partial charge < -0.3 is 4.90 Å². The molecule has 1 aromatic carbocycles. The number of piperidine rings is 1. The van der Waals surface area contributed by atoms with Crippen molar-refractivity contribution in [3.63, 3.8) is 0 Å². The van der Waals surface area contributed by atoms with Crippen molar-refractivity contribution in [3.8, 4) is 0 Å². The van der Waals surface area contributed by atoms with Gasteiger partial charge in [-0.05, 0) is 49.9 Å². The van der Waals surface area contributed by atoms with Crippen LogP contribution in [0.25, 0.3) is 0 Å². The second-order valence-corrected chi connectivity index (χ2v) is 7.45. The molecule has 3 rings (SSSR count). The number of carbonyl (C=O) groups excluding carboxylic acids is 1. The van der Waals surface area contributed by atoms with Crippen LogP contribution in [0.15, 0.2) is 35.4 Å². The van der Waals surface area contributed by atoms with E-state index in [0.29, 0.717) is 21.0 Å². The molecule has 0 bridgehead atoms. The number of hydrogen-bond acceptors (Lipinski definition) is 4. The lowest BCUT2D eigenvalue weighted by molar-refractivity contribution is -0.113. The minimum Gasteiger partial charge on any atom is -0.373 e. The first kappa shape index (κ1) is 16.5. The number of hydrogen-bond donors (Lipinski definition) is 0. The van der Waals surface area contributed by atoms with Crippen LogP contribution in [0.1, 0.15) is 32.6 Å². The number of thioether (sulfide) groups is 1. The molecule has 0 radical (unpaired) electrons. The first-order chi connectivity index (χ1) is 11.1. The molecular weight excluding hydrogens is 331 g/mol. The third-order valence-corrected chi connectivity index (χ3v) is 5.60. The molecule has 0 saturated carbocycles. The average Bonchev–Trinajstić information content (AvgIpc) is 2.83. The zero-order valence-electron chi connectivity index (χ0n) is 13.0. The highest BCUT2D eigenvalue weighted by atomic mass is 32.2. The fourth-order valence-corrected chi connectivity index (χ4v) is 4.34. The van der Waals surface area contributed by atoms with Crippen LogP contribution in [0.2, 0.25) is 0 Å². The monoisotopic (exact) mass is 350 g/mol. The van der Waals surface area contributed by atoms with Gasteiger partial charge in [-0.15, -0.1) is 0 Å². The van der Waals surface area contributed by atoms with Crippen molar-refractivity contribution in [1.29, 1.82) is 0 Å². The normalized spacial score (nSPS) is 23.9. The van der Waals surface area contributed by atoms with E-state index in [-0.39, 0.29) is 11.7 Å². The Morgan fingerprint density at radius 1 is 1.35 bits per heavy atom. The van der Waals surface area contributed by atoms with Crippen LogP contribution >= 0.6 is 24.0 Å². The first-order valence-electron chi connectivity index (χ1n) is 7.89. The van der Waals surface area contributed by atoms with E-state index in [2.05, 4.69) is 11.8 Å². The van der Waals surface area contributed by atoms with Gasteiger partial charge in [-0.3, -0.25) is 9.69 Å². The van der Waals surface area contributed by atoms with E-state index in [1.165, 1.54) is 41.6 Å². The molecule has 0 spiro atoms. The second-order valence-electron chi connectivity index (χ2n) is 5.77. The summed E-state index contributed by atoms with van der Waals surface area (Å²) in [6, 6.07) is 6.35. The molecule has 1 amide bonds. The molecule has 0 aliphatic carbocycles. The van der Waals surface area contributed by atoms with E-state index in [0.717, 1.165) is 19.4 Å². The number of rotatable bonds is 3. The Bertz CT molecular complexity index is 644. The first-order valence-corrected chi connectivity index (χ1v) is 9.12. The topological polar surface area (TPSA) is 23.6 Å². The molecule has 122 valence electrons. The quantitative estimate of drug-likeness (QED) is 0.599. The Hall–Kier alpha value is -1.40. The van der Waals surface area contributed by atoms with Gasteiger partial charge in [-0.2, -0.15) is 0 Å². The van der Waals surface area contributed by atoms with Gasteiger partial charge in [0.15, 0.2) is 4.32 Å². The van der Waals surface area contributed by atoms with Gasteiger partial charge in [0.05, 0.1) is 10.6 Å². The molecule has 0 aromatic heterocycles. The molecule has 0 unspecified atom stereocenters. The number of nitrogens with zero attached hydrogens (tertiary/aromatic N) is 2. The van der Waals surface area contributed by atoms with Gasteiger partial charge >= 0.3 is 0 Å². The number of carbonyl (C=O) groups is 1. The van der Waals surface area contributed by atoms with Crippen LogP contribution in [0.5, 0.6) is 0 Å². The van der Waals surface area contributed by atoms with Crippen molar-refractivity contribution in [3.05, 3.63) is 41.2 Å². The van der Waals surface area contributed by atoms with Gasteiger partial charge in [-0.25, -0.2) is 4.39 Å². The van der Waals surface area contributed by atoms with Crippen molar-refractivity contribution < 1.29 is 9.18 Å². The highest BCUT2D eigenvalue weighted by Gasteiger charge is 2.34. The van der Waals surface area contributed by atoms with Crippen molar-refractivity contribution in [2.75, 3.05) is 11.4 Å². The van der Waals surface area contributed by atoms with E-state index < -0.39 is 0 Å². The van der Waals surface area contributed by atoms with E-state index in [9.17, 15) is 9.18 Å². The number of benzene rings is 1. The fraction of sp³-hybridized carbons (Fsp3) is 0.412. The number of anilines is 1. The van der Waals surface area contributed by atoms with Gasteiger partial charge in [0.1, 0.15) is 5.82 Å². The summed E-state index contributed by atoms with van der Waals surface area (Å²) in [5.74, 6) is -0.444. The van der Waals surface area contributed by atoms with Crippen molar-refractivity contribution in [2.45, 2.75) is 38.6 Å². The highest BCUT2D eigenvalue weighted by Crippen LogP contribution is 2.36. The minimum atomic E-state index is -0.325. The van der Waals surface area contributed by atoms with Crippen LogP contribution in [-0.2, 0) is 4.79 Å². The largest absolute Gasteiger partial charge is 0.373 e. The predicted octanol–water partition coefficient (Wildman–Crippen LogP) is 4.30. The maximum absolute atomic E-state index is 13.1. The molecule has 23 heavy (non-hydrogen) atoms. The smallest absolute Gasteiger partial charge is 0.272 e. The number of likely N-dealkylation sites (tertiary alicyclic amines) is 1. The van der Waals surface area contributed by atoms with Gasteiger partial charge in [0.25, 0.3) is 5.91 Å². The molecule has 2 heterocycles. The van der Waals surface area contributed by atoms with E-state index >= 15 is 0 Å². The fourth-order valence-electron chi connectivity index (χ4n) is 3.05. The predicted molar refractivity (Wildman–Crippen MR) is 96.8 cm³/mol. The van der Waals surface area contributed by atoms with Crippen LogP contribution in [0.4, 0.5) is 10.1 Å². The van der Waals surface area contributed by atoms with E-state index in [1.807, 2.05) is 6.20 Å².